The van der Waals surface area contributed by atoms with Crippen LogP contribution in [0.2, 0.25) is 0 Å². The zero-order chi connectivity index (χ0) is 15.1. The normalized spacial score (nSPS) is 23.8. The molecule has 2 rings (SSSR count). The zero-order valence-corrected chi connectivity index (χ0v) is 14.6. The van der Waals surface area contributed by atoms with Gasteiger partial charge in [0.15, 0.2) is 0 Å². The minimum absolute atomic E-state index is 0.113. The molecular weight excluding hydrogens is 342 g/mol. The summed E-state index contributed by atoms with van der Waals surface area (Å²) in [6.45, 7) is 8.39. The van der Waals surface area contributed by atoms with Crippen molar-refractivity contribution in [3.8, 4) is 0 Å². The maximum atomic E-state index is 12.8. The van der Waals surface area contributed by atoms with Gasteiger partial charge in [-0.15, -0.1) is 0 Å². The molecule has 0 aliphatic carbocycles. The summed E-state index contributed by atoms with van der Waals surface area (Å²) in [5.41, 5.74) is 0.550. The van der Waals surface area contributed by atoms with E-state index in [0.717, 1.165) is 5.56 Å². The highest BCUT2D eigenvalue weighted by Crippen LogP contribution is 2.30. The fraction of sp³-hybridized carbons (Fsp3) is 0.571. The van der Waals surface area contributed by atoms with Gasteiger partial charge in [-0.3, -0.25) is 0 Å². The maximum absolute atomic E-state index is 12.8. The van der Waals surface area contributed by atoms with Crippen molar-refractivity contribution in [3.63, 3.8) is 0 Å². The van der Waals surface area contributed by atoms with Gasteiger partial charge in [0.25, 0.3) is 0 Å². The first-order chi connectivity index (χ1) is 9.12. The largest absolute Gasteiger partial charge is 0.370 e. The lowest BCUT2D eigenvalue weighted by atomic mass is 10.1. The van der Waals surface area contributed by atoms with Gasteiger partial charge in [0, 0.05) is 17.6 Å². The topological polar surface area (TPSA) is 46.6 Å². The summed E-state index contributed by atoms with van der Waals surface area (Å²) in [5.74, 6) is 0. The standard InChI is InChI=1S/C14H20BrNO3S/c1-10-5-6-13(12(15)7-10)20(17,18)16-8-11(2)19-14(3,4)9-16/h5-7,11H,8-9H2,1-4H3. The van der Waals surface area contributed by atoms with Crippen LogP contribution < -0.4 is 0 Å². The fourth-order valence-electron chi connectivity index (χ4n) is 2.53. The van der Waals surface area contributed by atoms with Crippen molar-refractivity contribution < 1.29 is 13.2 Å². The molecule has 0 radical (unpaired) electrons. The number of rotatable bonds is 2. The number of aryl methyl sites for hydroxylation is 1. The Kier molecular flexibility index (Phi) is 4.31. The monoisotopic (exact) mass is 361 g/mol. The van der Waals surface area contributed by atoms with Gasteiger partial charge in [0.1, 0.15) is 0 Å². The molecule has 20 heavy (non-hydrogen) atoms. The minimum Gasteiger partial charge on any atom is -0.370 e. The predicted molar refractivity (Wildman–Crippen MR) is 82.3 cm³/mol. The van der Waals surface area contributed by atoms with E-state index >= 15 is 0 Å². The van der Waals surface area contributed by atoms with Crippen LogP contribution in [0.5, 0.6) is 0 Å². The minimum atomic E-state index is -3.51. The molecule has 1 saturated heterocycles. The number of hydrogen-bond acceptors (Lipinski definition) is 3. The second kappa shape index (κ2) is 5.40. The highest BCUT2D eigenvalue weighted by Gasteiger charge is 2.38. The van der Waals surface area contributed by atoms with Crippen LogP contribution in [0.25, 0.3) is 0 Å². The molecule has 0 bridgehead atoms. The molecule has 0 saturated carbocycles. The molecule has 0 N–H and O–H groups in total. The summed E-state index contributed by atoms with van der Waals surface area (Å²) >= 11 is 3.36. The summed E-state index contributed by atoms with van der Waals surface area (Å²) < 4.78 is 33.5. The van der Waals surface area contributed by atoms with Gasteiger partial charge in [-0.05, 0) is 61.3 Å². The Labute approximate surface area is 129 Å². The molecule has 1 aliphatic rings. The van der Waals surface area contributed by atoms with E-state index in [-0.39, 0.29) is 6.10 Å². The Morgan fingerprint density at radius 3 is 2.60 bits per heavy atom. The van der Waals surface area contributed by atoms with E-state index in [4.69, 9.17) is 4.74 Å². The van der Waals surface area contributed by atoms with Gasteiger partial charge in [-0.1, -0.05) is 6.07 Å². The van der Waals surface area contributed by atoms with E-state index in [1.165, 1.54) is 4.31 Å². The molecule has 1 atom stereocenters. The van der Waals surface area contributed by atoms with E-state index in [0.29, 0.717) is 22.5 Å². The Morgan fingerprint density at radius 2 is 2.05 bits per heavy atom. The molecule has 1 aromatic carbocycles. The van der Waals surface area contributed by atoms with Gasteiger partial charge in [-0.2, -0.15) is 4.31 Å². The first kappa shape index (κ1) is 15.9. The number of sulfonamides is 1. The zero-order valence-electron chi connectivity index (χ0n) is 12.2. The van der Waals surface area contributed by atoms with Crippen molar-refractivity contribution in [2.75, 3.05) is 13.1 Å². The third-order valence-corrected chi connectivity index (χ3v) is 6.03. The summed E-state index contributed by atoms with van der Waals surface area (Å²) in [5, 5.41) is 0. The van der Waals surface area contributed by atoms with E-state index in [2.05, 4.69) is 15.9 Å². The smallest absolute Gasteiger partial charge is 0.244 e. The van der Waals surface area contributed by atoms with Gasteiger partial charge in [0.05, 0.1) is 16.6 Å². The van der Waals surface area contributed by atoms with Gasteiger partial charge in [-0.25, -0.2) is 8.42 Å². The molecule has 6 heteroatoms. The third kappa shape index (κ3) is 3.24. The predicted octanol–water partition coefficient (Wildman–Crippen LogP) is 2.95. The number of ether oxygens (including phenoxy) is 1. The van der Waals surface area contributed by atoms with Crippen molar-refractivity contribution in [2.45, 2.75) is 44.3 Å². The number of benzene rings is 1. The highest BCUT2D eigenvalue weighted by atomic mass is 79.9. The molecule has 1 heterocycles. The lowest BCUT2D eigenvalue weighted by molar-refractivity contribution is -0.109. The van der Waals surface area contributed by atoms with E-state index in [1.807, 2.05) is 39.8 Å². The molecule has 0 spiro atoms. The summed E-state index contributed by atoms with van der Waals surface area (Å²) in [4.78, 5) is 0.313. The third-order valence-electron chi connectivity index (χ3n) is 3.24. The molecule has 1 aliphatic heterocycles. The number of hydrogen-bond donors (Lipinski definition) is 0. The molecule has 4 nitrogen and oxygen atoms in total. The number of halogens is 1. The number of nitrogens with zero attached hydrogens (tertiary/aromatic N) is 1. The average Bonchev–Trinajstić information content (AvgIpc) is 2.25. The second-order valence-electron chi connectivity index (χ2n) is 5.92. The number of morpholine rings is 1. The van der Waals surface area contributed by atoms with Crippen LogP contribution >= 0.6 is 15.9 Å². The second-order valence-corrected chi connectivity index (χ2v) is 8.68. The van der Waals surface area contributed by atoms with Gasteiger partial charge < -0.3 is 4.74 Å². The molecule has 0 aromatic heterocycles. The SMILES string of the molecule is Cc1ccc(S(=O)(=O)N2CC(C)OC(C)(C)C2)c(Br)c1. The maximum Gasteiger partial charge on any atom is 0.244 e. The van der Waals surface area contributed by atoms with Crippen molar-refractivity contribution in [3.05, 3.63) is 28.2 Å². The van der Waals surface area contributed by atoms with Crippen LogP contribution in [-0.2, 0) is 14.8 Å². The van der Waals surface area contributed by atoms with E-state index in [1.54, 1.807) is 6.07 Å². The lowest BCUT2D eigenvalue weighted by Crippen LogP contribution is -2.53. The lowest BCUT2D eigenvalue weighted by Gasteiger charge is -2.41. The molecule has 1 fully saturated rings. The van der Waals surface area contributed by atoms with Crippen LogP contribution in [0.3, 0.4) is 0 Å². The summed E-state index contributed by atoms with van der Waals surface area (Å²) in [6.07, 6.45) is -0.113. The fourth-order valence-corrected chi connectivity index (χ4v) is 5.35. The summed E-state index contributed by atoms with van der Waals surface area (Å²) in [6, 6.07) is 5.29. The molecule has 0 amide bonds. The molecule has 1 aromatic rings. The van der Waals surface area contributed by atoms with Crippen LogP contribution in [-0.4, -0.2) is 37.5 Å². The Bertz CT molecular complexity index is 613. The molecule has 1 unspecified atom stereocenters. The van der Waals surface area contributed by atoms with Crippen LogP contribution in [0.1, 0.15) is 26.3 Å². The Morgan fingerprint density at radius 1 is 1.40 bits per heavy atom. The highest BCUT2D eigenvalue weighted by molar-refractivity contribution is 9.10. The van der Waals surface area contributed by atoms with Crippen molar-refractivity contribution in [2.24, 2.45) is 0 Å². The van der Waals surface area contributed by atoms with Gasteiger partial charge in [0.2, 0.25) is 10.0 Å². The summed E-state index contributed by atoms with van der Waals surface area (Å²) in [7, 11) is -3.51. The Balaban J connectivity index is 2.39. The Hall–Kier alpha value is -0.430. The van der Waals surface area contributed by atoms with Crippen molar-refractivity contribution >= 4 is 26.0 Å². The average molecular weight is 362 g/mol. The molecular formula is C14H20BrNO3S. The van der Waals surface area contributed by atoms with E-state index < -0.39 is 15.6 Å². The first-order valence-corrected chi connectivity index (χ1v) is 8.79. The van der Waals surface area contributed by atoms with Crippen molar-refractivity contribution in [1.82, 2.24) is 4.31 Å². The van der Waals surface area contributed by atoms with Crippen LogP contribution in [0, 0.1) is 6.92 Å². The quantitative estimate of drug-likeness (QED) is 0.813. The van der Waals surface area contributed by atoms with E-state index in [9.17, 15) is 8.42 Å². The van der Waals surface area contributed by atoms with Crippen LogP contribution in [0.15, 0.2) is 27.6 Å². The van der Waals surface area contributed by atoms with Crippen molar-refractivity contribution in [1.29, 1.82) is 0 Å². The van der Waals surface area contributed by atoms with Crippen LogP contribution in [0.4, 0.5) is 0 Å². The van der Waals surface area contributed by atoms with Gasteiger partial charge >= 0.3 is 0 Å². The first-order valence-electron chi connectivity index (χ1n) is 6.56. The molecule has 112 valence electrons.